The zero-order valence-electron chi connectivity index (χ0n) is 8.96. The van der Waals surface area contributed by atoms with Gasteiger partial charge in [0.25, 0.3) is 0 Å². The number of hydrogen-bond donors (Lipinski definition) is 2. The lowest BCUT2D eigenvalue weighted by molar-refractivity contribution is -0.122. The molecule has 3 N–H and O–H groups in total. The largest absolute Gasteiger partial charge is 0.465 e. The normalized spacial score (nSPS) is 11.8. The lowest BCUT2D eigenvalue weighted by Gasteiger charge is -2.22. The highest BCUT2D eigenvalue weighted by atomic mass is 16.4. The average molecular weight is 222 g/mol. The molecule has 16 heavy (non-hydrogen) atoms. The van der Waals surface area contributed by atoms with E-state index in [4.69, 9.17) is 10.8 Å². The van der Waals surface area contributed by atoms with E-state index in [0.29, 0.717) is 6.42 Å². The summed E-state index contributed by atoms with van der Waals surface area (Å²) in [5.74, 6) is -0.645. The van der Waals surface area contributed by atoms with Crippen molar-refractivity contribution in [3.05, 3.63) is 35.9 Å². The summed E-state index contributed by atoms with van der Waals surface area (Å²) in [6.45, 7) is 0. The molecule has 1 aromatic carbocycles. The Morgan fingerprint density at radius 2 is 1.94 bits per heavy atom. The Labute approximate surface area is 93.5 Å². The molecule has 0 heterocycles. The number of benzene rings is 1. The first-order chi connectivity index (χ1) is 7.52. The Balaban J connectivity index is 2.81. The lowest BCUT2D eigenvalue weighted by atomic mass is 10.0. The van der Waals surface area contributed by atoms with E-state index in [0.717, 1.165) is 10.5 Å². The van der Waals surface area contributed by atoms with Crippen molar-refractivity contribution < 1.29 is 14.7 Å². The minimum Gasteiger partial charge on any atom is -0.465 e. The monoisotopic (exact) mass is 222 g/mol. The number of likely N-dealkylation sites (N-methyl/N-ethyl adjacent to an activating group) is 1. The van der Waals surface area contributed by atoms with Crippen LogP contribution in [0.4, 0.5) is 4.79 Å². The van der Waals surface area contributed by atoms with E-state index in [-0.39, 0.29) is 0 Å². The second kappa shape index (κ2) is 5.16. The van der Waals surface area contributed by atoms with E-state index in [1.54, 1.807) is 0 Å². The third-order valence-electron chi connectivity index (χ3n) is 2.37. The van der Waals surface area contributed by atoms with Gasteiger partial charge in [0.2, 0.25) is 5.91 Å². The number of carbonyl (C=O) groups excluding carboxylic acids is 1. The number of primary amides is 1. The molecule has 0 aliphatic heterocycles. The highest BCUT2D eigenvalue weighted by Crippen LogP contribution is 2.07. The second-order valence-corrected chi connectivity index (χ2v) is 3.50. The molecule has 0 spiro atoms. The van der Waals surface area contributed by atoms with Crippen LogP contribution in [0, 0.1) is 0 Å². The number of carbonyl (C=O) groups is 2. The van der Waals surface area contributed by atoms with E-state index >= 15 is 0 Å². The van der Waals surface area contributed by atoms with E-state index in [2.05, 4.69) is 0 Å². The molecule has 0 fully saturated rings. The minimum atomic E-state index is -1.17. The van der Waals surface area contributed by atoms with Gasteiger partial charge >= 0.3 is 6.09 Å². The highest BCUT2D eigenvalue weighted by Gasteiger charge is 2.24. The molecule has 0 aliphatic rings. The van der Waals surface area contributed by atoms with Gasteiger partial charge in [0.1, 0.15) is 6.04 Å². The minimum absolute atomic E-state index is 0.291. The van der Waals surface area contributed by atoms with Crippen molar-refractivity contribution in [1.82, 2.24) is 4.90 Å². The molecule has 0 aromatic heterocycles. The van der Waals surface area contributed by atoms with Crippen LogP contribution in [0.25, 0.3) is 0 Å². The molecule has 86 valence electrons. The van der Waals surface area contributed by atoms with Crippen LogP contribution < -0.4 is 5.73 Å². The molecule has 0 saturated carbocycles. The predicted octanol–water partition coefficient (Wildman–Crippen LogP) is 0.693. The molecule has 0 bridgehead atoms. The van der Waals surface area contributed by atoms with Gasteiger partial charge in [-0.3, -0.25) is 9.69 Å². The van der Waals surface area contributed by atoms with Gasteiger partial charge in [-0.05, 0) is 5.56 Å². The van der Waals surface area contributed by atoms with Crippen LogP contribution in [0.5, 0.6) is 0 Å². The maximum absolute atomic E-state index is 11.2. The van der Waals surface area contributed by atoms with Crippen LogP contribution in [0.15, 0.2) is 30.3 Å². The fourth-order valence-electron chi connectivity index (χ4n) is 1.40. The Morgan fingerprint density at radius 3 is 2.38 bits per heavy atom. The summed E-state index contributed by atoms with van der Waals surface area (Å²) in [7, 11) is 1.33. The van der Waals surface area contributed by atoms with Gasteiger partial charge in [0.15, 0.2) is 0 Å². The molecule has 0 saturated heterocycles. The summed E-state index contributed by atoms with van der Waals surface area (Å²) in [6.07, 6.45) is -0.876. The first-order valence-corrected chi connectivity index (χ1v) is 4.81. The Hall–Kier alpha value is -2.04. The fraction of sp³-hybridized carbons (Fsp3) is 0.273. The SMILES string of the molecule is CN(C(=O)O)[C@H](Cc1ccccc1)C(N)=O. The summed E-state index contributed by atoms with van der Waals surface area (Å²) in [5, 5.41) is 8.80. The van der Waals surface area contributed by atoms with Crippen LogP contribution in [0.1, 0.15) is 5.56 Å². The van der Waals surface area contributed by atoms with Crippen LogP contribution in [-0.4, -0.2) is 35.1 Å². The van der Waals surface area contributed by atoms with Crippen molar-refractivity contribution in [3.63, 3.8) is 0 Å². The van der Waals surface area contributed by atoms with Crippen molar-refractivity contribution in [2.45, 2.75) is 12.5 Å². The van der Waals surface area contributed by atoms with Crippen LogP contribution in [0.2, 0.25) is 0 Å². The molecule has 1 rings (SSSR count). The summed E-state index contributed by atoms with van der Waals surface area (Å²) in [6, 6.07) is 8.32. The van der Waals surface area contributed by atoms with Crippen molar-refractivity contribution >= 4 is 12.0 Å². The molecule has 1 atom stereocenters. The number of amides is 2. The number of nitrogens with zero attached hydrogens (tertiary/aromatic N) is 1. The quantitative estimate of drug-likeness (QED) is 0.786. The van der Waals surface area contributed by atoms with Crippen molar-refractivity contribution in [3.8, 4) is 0 Å². The Kier molecular flexibility index (Phi) is 3.88. The van der Waals surface area contributed by atoms with Crippen molar-refractivity contribution in [2.24, 2.45) is 5.73 Å². The number of rotatable bonds is 4. The first-order valence-electron chi connectivity index (χ1n) is 4.81. The van der Waals surface area contributed by atoms with E-state index < -0.39 is 18.0 Å². The summed E-state index contributed by atoms with van der Waals surface area (Å²) in [5.41, 5.74) is 6.05. The summed E-state index contributed by atoms with van der Waals surface area (Å²) < 4.78 is 0. The Morgan fingerprint density at radius 1 is 1.38 bits per heavy atom. The molecule has 0 aliphatic carbocycles. The van der Waals surface area contributed by atoms with Gasteiger partial charge < -0.3 is 10.8 Å². The molecule has 2 amide bonds. The van der Waals surface area contributed by atoms with Gasteiger partial charge in [0.05, 0.1) is 0 Å². The lowest BCUT2D eigenvalue weighted by Crippen LogP contribution is -2.46. The maximum atomic E-state index is 11.2. The number of hydrogen-bond acceptors (Lipinski definition) is 2. The van der Waals surface area contributed by atoms with Gasteiger partial charge in [-0.15, -0.1) is 0 Å². The third-order valence-corrected chi connectivity index (χ3v) is 2.37. The van der Waals surface area contributed by atoms with E-state index in [1.165, 1.54) is 7.05 Å². The zero-order chi connectivity index (χ0) is 12.1. The van der Waals surface area contributed by atoms with Crippen molar-refractivity contribution in [1.29, 1.82) is 0 Å². The van der Waals surface area contributed by atoms with Crippen LogP contribution in [0.3, 0.4) is 0 Å². The van der Waals surface area contributed by atoms with E-state index in [9.17, 15) is 9.59 Å². The number of carboxylic acid groups (broad SMARTS) is 1. The fourth-order valence-corrected chi connectivity index (χ4v) is 1.40. The standard InChI is InChI=1S/C11H14N2O3/c1-13(11(15)16)9(10(12)14)7-8-5-3-2-4-6-8/h2-6,9H,7H2,1H3,(H2,12,14)(H,15,16)/t9-/m1/s1. The van der Waals surface area contributed by atoms with Gasteiger partial charge in [-0.2, -0.15) is 0 Å². The average Bonchev–Trinajstić information content (AvgIpc) is 2.26. The zero-order valence-corrected chi connectivity index (χ0v) is 8.96. The number of nitrogens with two attached hydrogens (primary N) is 1. The maximum Gasteiger partial charge on any atom is 0.407 e. The molecule has 1 aromatic rings. The topological polar surface area (TPSA) is 83.6 Å². The van der Waals surface area contributed by atoms with Gasteiger partial charge in [-0.1, -0.05) is 30.3 Å². The molecule has 0 radical (unpaired) electrons. The molecule has 5 nitrogen and oxygen atoms in total. The van der Waals surface area contributed by atoms with Crippen LogP contribution >= 0.6 is 0 Å². The highest BCUT2D eigenvalue weighted by molar-refractivity contribution is 5.84. The second-order valence-electron chi connectivity index (χ2n) is 3.50. The first kappa shape index (κ1) is 12.0. The van der Waals surface area contributed by atoms with E-state index in [1.807, 2.05) is 30.3 Å². The van der Waals surface area contributed by atoms with Crippen LogP contribution in [-0.2, 0) is 11.2 Å². The summed E-state index contributed by atoms with van der Waals surface area (Å²) >= 11 is 0. The third kappa shape index (κ3) is 2.98. The van der Waals surface area contributed by atoms with Gasteiger partial charge in [0, 0.05) is 13.5 Å². The predicted molar refractivity (Wildman–Crippen MR) is 58.9 cm³/mol. The van der Waals surface area contributed by atoms with Crippen molar-refractivity contribution in [2.75, 3.05) is 7.05 Å². The summed E-state index contributed by atoms with van der Waals surface area (Å²) in [4.78, 5) is 22.8. The molecular formula is C11H14N2O3. The molecule has 0 unspecified atom stereocenters. The van der Waals surface area contributed by atoms with Gasteiger partial charge in [-0.25, -0.2) is 4.79 Å². The Bertz CT molecular complexity index is 378. The molecular weight excluding hydrogens is 208 g/mol. The smallest absolute Gasteiger partial charge is 0.407 e. The molecule has 5 heteroatoms.